The Bertz CT molecular complexity index is 826. The van der Waals surface area contributed by atoms with Crippen LogP contribution in [-0.2, 0) is 24.2 Å². The van der Waals surface area contributed by atoms with Gasteiger partial charge in [0, 0.05) is 5.56 Å². The summed E-state index contributed by atoms with van der Waals surface area (Å²) in [7, 11) is -3.18. The number of carbonyl (C=O) groups excluding carboxylic acids is 3. The Kier molecular flexibility index (Phi) is 5.96. The van der Waals surface area contributed by atoms with Crippen LogP contribution >= 0.6 is 0 Å². The number of carbonyl (C=O) groups is 3. The molecule has 10 heteroatoms. The first-order valence-corrected chi connectivity index (χ1v) is 9.62. The molecule has 1 aromatic carbocycles. The van der Waals surface area contributed by atoms with E-state index in [1.165, 1.54) is 18.2 Å². The van der Waals surface area contributed by atoms with Crippen LogP contribution < -0.4 is 10.6 Å². The van der Waals surface area contributed by atoms with Gasteiger partial charge in [-0.05, 0) is 31.5 Å². The van der Waals surface area contributed by atoms with Crippen molar-refractivity contribution >= 4 is 27.6 Å². The Morgan fingerprint density at radius 2 is 2.04 bits per heavy atom. The van der Waals surface area contributed by atoms with Gasteiger partial charge in [-0.3, -0.25) is 14.4 Å². The molecule has 2 rings (SSSR count). The predicted molar refractivity (Wildman–Crippen MR) is 89.5 cm³/mol. The van der Waals surface area contributed by atoms with Crippen LogP contribution in [0.2, 0.25) is 0 Å². The van der Waals surface area contributed by atoms with Crippen LogP contribution in [0.1, 0.15) is 23.7 Å². The van der Waals surface area contributed by atoms with E-state index >= 15 is 0 Å². The topological polar surface area (TPSA) is 119 Å². The lowest BCUT2D eigenvalue weighted by atomic mass is 10.0. The fraction of sp³-hybridized carbons (Fsp3) is 0.438. The van der Waals surface area contributed by atoms with Crippen molar-refractivity contribution in [3.05, 3.63) is 35.6 Å². The second-order valence-corrected chi connectivity index (χ2v) is 8.49. The smallest absolute Gasteiger partial charge is 0.325 e. The summed E-state index contributed by atoms with van der Waals surface area (Å²) in [6.07, 6.45) is 0.290. The average molecular weight is 386 g/mol. The van der Waals surface area contributed by atoms with Gasteiger partial charge >= 0.3 is 5.97 Å². The first-order valence-electron chi connectivity index (χ1n) is 7.79. The summed E-state index contributed by atoms with van der Waals surface area (Å²) in [6, 6.07) is 4.94. The van der Waals surface area contributed by atoms with Gasteiger partial charge in [-0.25, -0.2) is 12.8 Å². The third kappa shape index (κ3) is 5.80. The lowest BCUT2D eigenvalue weighted by Crippen LogP contribution is -2.48. The second-order valence-electron chi connectivity index (χ2n) is 6.30. The largest absolute Gasteiger partial charge is 0.454 e. The summed E-state index contributed by atoms with van der Waals surface area (Å²) < 4.78 is 40.7. The molecular formula is C16H19FN2O6S. The molecule has 2 amide bonds. The van der Waals surface area contributed by atoms with Crippen LogP contribution in [0.4, 0.5) is 4.39 Å². The monoisotopic (exact) mass is 386 g/mol. The average Bonchev–Trinajstić information content (AvgIpc) is 2.83. The number of nitrogens with one attached hydrogen (secondary N) is 2. The van der Waals surface area contributed by atoms with Gasteiger partial charge < -0.3 is 15.4 Å². The van der Waals surface area contributed by atoms with Crippen molar-refractivity contribution in [3.63, 3.8) is 0 Å². The predicted octanol–water partition coefficient (Wildman–Crippen LogP) is -0.208. The number of esters is 1. The third-order valence-electron chi connectivity index (χ3n) is 3.79. The molecule has 26 heavy (non-hydrogen) atoms. The standard InChI is InChI=1S/C16H19FN2O6S/c1-16(5-6-26(23,24)10-16)19-13(20)9-25-14(21)8-18-15(22)11-3-2-4-12(17)7-11/h2-4,7H,5-6,8-10H2,1H3,(H,18,22)(H,19,20)/t16-/m1/s1. The maximum atomic E-state index is 13.0. The van der Waals surface area contributed by atoms with Crippen molar-refractivity contribution in [2.45, 2.75) is 18.9 Å². The molecule has 1 atom stereocenters. The molecule has 1 fully saturated rings. The summed E-state index contributed by atoms with van der Waals surface area (Å²) in [4.78, 5) is 35.1. The molecule has 0 aromatic heterocycles. The summed E-state index contributed by atoms with van der Waals surface area (Å²) in [5.41, 5.74) is -0.834. The normalized spacial score (nSPS) is 21.0. The van der Waals surface area contributed by atoms with Gasteiger partial charge in [-0.2, -0.15) is 0 Å². The molecule has 142 valence electrons. The maximum absolute atomic E-state index is 13.0. The molecule has 2 N–H and O–H groups in total. The van der Waals surface area contributed by atoms with Gasteiger partial charge in [0.1, 0.15) is 12.4 Å². The van der Waals surface area contributed by atoms with Crippen LogP contribution in [0.25, 0.3) is 0 Å². The second kappa shape index (κ2) is 7.81. The van der Waals surface area contributed by atoms with Crippen LogP contribution in [0.15, 0.2) is 24.3 Å². The van der Waals surface area contributed by atoms with E-state index in [-0.39, 0.29) is 17.1 Å². The Morgan fingerprint density at radius 1 is 1.31 bits per heavy atom. The molecule has 0 unspecified atom stereocenters. The number of ether oxygens (including phenoxy) is 1. The minimum Gasteiger partial charge on any atom is -0.454 e. The van der Waals surface area contributed by atoms with Crippen molar-refractivity contribution < 1.29 is 31.9 Å². The lowest BCUT2D eigenvalue weighted by Gasteiger charge is -2.23. The highest BCUT2D eigenvalue weighted by Crippen LogP contribution is 2.22. The fourth-order valence-electron chi connectivity index (χ4n) is 2.56. The van der Waals surface area contributed by atoms with E-state index < -0.39 is 52.1 Å². The fourth-order valence-corrected chi connectivity index (χ4v) is 4.66. The van der Waals surface area contributed by atoms with Crippen molar-refractivity contribution in [3.8, 4) is 0 Å². The number of hydrogen-bond donors (Lipinski definition) is 2. The van der Waals surface area contributed by atoms with E-state index in [1.54, 1.807) is 6.92 Å². The van der Waals surface area contributed by atoms with Crippen LogP contribution in [-0.4, -0.2) is 56.4 Å². The SMILES string of the molecule is C[C@@]1(NC(=O)COC(=O)CNC(=O)c2cccc(F)c2)CCS(=O)(=O)C1. The number of sulfone groups is 1. The van der Waals surface area contributed by atoms with Crippen molar-refractivity contribution in [1.29, 1.82) is 0 Å². The van der Waals surface area contributed by atoms with Crippen LogP contribution in [0, 0.1) is 5.82 Å². The summed E-state index contributed by atoms with van der Waals surface area (Å²) in [5.74, 6) is -2.89. The number of amides is 2. The summed E-state index contributed by atoms with van der Waals surface area (Å²) >= 11 is 0. The highest BCUT2D eigenvalue weighted by atomic mass is 32.2. The molecular weight excluding hydrogens is 367 g/mol. The van der Waals surface area contributed by atoms with E-state index in [0.717, 1.165) is 6.07 Å². The minimum absolute atomic E-state index is 0.00429. The number of hydrogen-bond acceptors (Lipinski definition) is 6. The van der Waals surface area contributed by atoms with E-state index in [9.17, 15) is 27.2 Å². The van der Waals surface area contributed by atoms with Gasteiger partial charge in [0.05, 0.1) is 17.0 Å². The van der Waals surface area contributed by atoms with Gasteiger partial charge in [-0.15, -0.1) is 0 Å². The van der Waals surface area contributed by atoms with Crippen LogP contribution in [0.3, 0.4) is 0 Å². The third-order valence-corrected chi connectivity index (χ3v) is 5.69. The Balaban J connectivity index is 1.73. The minimum atomic E-state index is -3.18. The number of rotatable bonds is 6. The Morgan fingerprint density at radius 3 is 2.65 bits per heavy atom. The number of halogens is 1. The van der Waals surface area contributed by atoms with Gasteiger partial charge in [0.15, 0.2) is 16.4 Å². The van der Waals surface area contributed by atoms with Crippen molar-refractivity contribution in [2.24, 2.45) is 0 Å². The van der Waals surface area contributed by atoms with E-state index in [2.05, 4.69) is 10.6 Å². The molecule has 0 aliphatic carbocycles. The molecule has 1 saturated heterocycles. The lowest BCUT2D eigenvalue weighted by molar-refractivity contribution is -0.147. The Labute approximate surface area is 150 Å². The molecule has 1 heterocycles. The molecule has 0 saturated carbocycles. The number of benzene rings is 1. The van der Waals surface area contributed by atoms with Crippen LogP contribution in [0.5, 0.6) is 0 Å². The van der Waals surface area contributed by atoms with Crippen molar-refractivity contribution in [2.75, 3.05) is 24.7 Å². The summed E-state index contributed by atoms with van der Waals surface area (Å²) in [5, 5.41) is 4.79. The van der Waals surface area contributed by atoms with Crippen molar-refractivity contribution in [1.82, 2.24) is 10.6 Å². The zero-order valence-electron chi connectivity index (χ0n) is 14.1. The molecule has 1 aliphatic heterocycles. The Hall–Kier alpha value is -2.49. The zero-order valence-corrected chi connectivity index (χ0v) is 14.9. The van der Waals surface area contributed by atoms with E-state index in [4.69, 9.17) is 4.74 Å². The van der Waals surface area contributed by atoms with E-state index in [0.29, 0.717) is 6.42 Å². The first-order chi connectivity index (χ1) is 12.1. The first kappa shape index (κ1) is 19.8. The maximum Gasteiger partial charge on any atom is 0.325 e. The molecule has 1 aliphatic rings. The highest BCUT2D eigenvalue weighted by molar-refractivity contribution is 7.91. The zero-order chi connectivity index (χ0) is 19.4. The molecule has 0 bridgehead atoms. The molecule has 0 radical (unpaired) electrons. The summed E-state index contributed by atoms with van der Waals surface area (Å²) in [6.45, 7) is 0.523. The van der Waals surface area contributed by atoms with E-state index in [1.807, 2.05) is 0 Å². The molecule has 1 aromatic rings. The molecule has 0 spiro atoms. The highest BCUT2D eigenvalue weighted by Gasteiger charge is 2.39. The van der Waals surface area contributed by atoms with Gasteiger partial charge in [0.25, 0.3) is 11.8 Å². The quantitative estimate of drug-likeness (QED) is 0.653. The van der Waals surface area contributed by atoms with Gasteiger partial charge in [-0.1, -0.05) is 6.07 Å². The molecule has 8 nitrogen and oxygen atoms in total. The van der Waals surface area contributed by atoms with Gasteiger partial charge in [0.2, 0.25) is 0 Å².